The smallest absolute Gasteiger partial charge is 0.329 e. The van der Waals surface area contributed by atoms with Gasteiger partial charge in [0.1, 0.15) is 11.6 Å². The van der Waals surface area contributed by atoms with Crippen molar-refractivity contribution in [1.82, 2.24) is 0 Å². The van der Waals surface area contributed by atoms with Crippen LogP contribution in [-0.4, -0.2) is 16.6 Å². The van der Waals surface area contributed by atoms with Crippen molar-refractivity contribution < 1.29 is 9.90 Å². The SMILES string of the molecule is CC1CCC(Nc2ccc(C#N)c(Br)c2)(C(=O)O)CC1. The van der Waals surface area contributed by atoms with Gasteiger partial charge in [-0.1, -0.05) is 6.92 Å². The van der Waals surface area contributed by atoms with Crippen LogP contribution in [0, 0.1) is 17.2 Å². The molecule has 1 aliphatic carbocycles. The van der Waals surface area contributed by atoms with E-state index in [-0.39, 0.29) is 0 Å². The van der Waals surface area contributed by atoms with Gasteiger partial charge in [0.05, 0.1) is 5.56 Å². The largest absolute Gasteiger partial charge is 0.480 e. The van der Waals surface area contributed by atoms with E-state index in [1.807, 2.05) is 0 Å². The standard InChI is InChI=1S/C15H17BrN2O2/c1-10-4-6-15(7-5-10,14(19)20)18-12-3-2-11(9-17)13(16)8-12/h2-3,8,10,18H,4-7H2,1H3,(H,19,20). The molecule has 0 saturated heterocycles. The third-order valence-electron chi connectivity index (χ3n) is 4.01. The van der Waals surface area contributed by atoms with Gasteiger partial charge in [-0.25, -0.2) is 4.79 Å². The predicted molar refractivity (Wildman–Crippen MR) is 80.5 cm³/mol. The lowest BCUT2D eigenvalue weighted by molar-refractivity contribution is -0.143. The highest BCUT2D eigenvalue weighted by Gasteiger charge is 2.41. The Morgan fingerprint density at radius 2 is 2.15 bits per heavy atom. The molecule has 1 fully saturated rings. The van der Waals surface area contributed by atoms with Gasteiger partial charge in [-0.3, -0.25) is 0 Å². The van der Waals surface area contributed by atoms with Crippen molar-refractivity contribution >= 4 is 27.6 Å². The van der Waals surface area contributed by atoms with Crippen LogP contribution in [0.3, 0.4) is 0 Å². The summed E-state index contributed by atoms with van der Waals surface area (Å²) in [5, 5.41) is 21.7. The van der Waals surface area contributed by atoms with Crippen LogP contribution in [-0.2, 0) is 4.79 Å². The second-order valence-corrected chi connectivity index (χ2v) is 6.36. The summed E-state index contributed by atoms with van der Waals surface area (Å²) >= 11 is 3.33. The van der Waals surface area contributed by atoms with Gasteiger partial charge in [-0.05, 0) is 65.7 Å². The molecule has 0 aromatic heterocycles. The van der Waals surface area contributed by atoms with Crippen molar-refractivity contribution in [1.29, 1.82) is 5.26 Å². The van der Waals surface area contributed by atoms with E-state index in [2.05, 4.69) is 34.2 Å². The van der Waals surface area contributed by atoms with Crippen molar-refractivity contribution in [2.75, 3.05) is 5.32 Å². The maximum atomic E-state index is 11.7. The van der Waals surface area contributed by atoms with Crippen molar-refractivity contribution in [3.8, 4) is 6.07 Å². The Hall–Kier alpha value is -1.54. The number of aliphatic carboxylic acids is 1. The molecule has 0 unspecified atom stereocenters. The van der Waals surface area contributed by atoms with E-state index in [4.69, 9.17) is 5.26 Å². The Bertz CT molecular complexity index is 557. The van der Waals surface area contributed by atoms with Crippen LogP contribution < -0.4 is 5.32 Å². The highest BCUT2D eigenvalue weighted by Crippen LogP contribution is 2.35. The Balaban J connectivity index is 2.23. The molecular weight excluding hydrogens is 320 g/mol. The molecular formula is C15H17BrN2O2. The van der Waals surface area contributed by atoms with Gasteiger partial charge in [-0.2, -0.15) is 5.26 Å². The number of hydrogen-bond acceptors (Lipinski definition) is 3. The van der Waals surface area contributed by atoms with Gasteiger partial charge in [0.25, 0.3) is 0 Å². The molecule has 0 atom stereocenters. The normalized spacial score (nSPS) is 25.8. The van der Waals surface area contributed by atoms with Crippen LogP contribution in [0.1, 0.15) is 38.2 Å². The molecule has 1 saturated carbocycles. The monoisotopic (exact) mass is 336 g/mol. The zero-order chi connectivity index (χ0) is 14.8. The lowest BCUT2D eigenvalue weighted by atomic mass is 9.77. The number of rotatable bonds is 3. The number of hydrogen-bond donors (Lipinski definition) is 2. The van der Waals surface area contributed by atoms with Gasteiger partial charge in [0.2, 0.25) is 0 Å². The number of carbonyl (C=O) groups is 1. The summed E-state index contributed by atoms with van der Waals surface area (Å²) in [6, 6.07) is 7.28. The molecule has 0 spiro atoms. The van der Waals surface area contributed by atoms with Crippen LogP contribution in [0.2, 0.25) is 0 Å². The molecule has 20 heavy (non-hydrogen) atoms. The van der Waals surface area contributed by atoms with E-state index in [9.17, 15) is 9.90 Å². The van der Waals surface area contributed by atoms with Gasteiger partial charge in [0, 0.05) is 10.2 Å². The first-order chi connectivity index (χ1) is 9.47. The second-order valence-electron chi connectivity index (χ2n) is 5.50. The second kappa shape index (κ2) is 5.84. The molecule has 5 heteroatoms. The molecule has 1 aromatic rings. The zero-order valence-corrected chi connectivity index (χ0v) is 12.9. The van der Waals surface area contributed by atoms with E-state index in [1.165, 1.54) is 0 Å². The maximum Gasteiger partial charge on any atom is 0.329 e. The highest BCUT2D eigenvalue weighted by atomic mass is 79.9. The van der Waals surface area contributed by atoms with Gasteiger partial charge in [0.15, 0.2) is 0 Å². The van der Waals surface area contributed by atoms with Crippen molar-refractivity contribution in [3.05, 3.63) is 28.2 Å². The molecule has 2 N–H and O–H groups in total. The third kappa shape index (κ3) is 2.96. The minimum absolute atomic E-state index is 0.539. The fraction of sp³-hybridized carbons (Fsp3) is 0.467. The Morgan fingerprint density at radius 1 is 1.50 bits per heavy atom. The molecule has 2 rings (SSSR count). The summed E-state index contributed by atoms with van der Waals surface area (Å²) < 4.78 is 0.676. The topological polar surface area (TPSA) is 73.1 Å². The summed E-state index contributed by atoms with van der Waals surface area (Å²) in [6.07, 6.45) is 3.08. The van der Waals surface area contributed by atoms with Gasteiger partial charge in [-0.15, -0.1) is 0 Å². The van der Waals surface area contributed by atoms with E-state index >= 15 is 0 Å². The molecule has 106 valence electrons. The molecule has 0 heterocycles. The highest BCUT2D eigenvalue weighted by molar-refractivity contribution is 9.10. The first-order valence-electron chi connectivity index (χ1n) is 6.68. The number of carboxylic acid groups (broad SMARTS) is 1. The molecule has 0 amide bonds. The van der Waals surface area contributed by atoms with E-state index in [0.29, 0.717) is 28.8 Å². The van der Waals surface area contributed by atoms with Crippen LogP contribution in [0.25, 0.3) is 0 Å². The maximum absolute atomic E-state index is 11.7. The quantitative estimate of drug-likeness (QED) is 0.881. The Labute approximate surface area is 126 Å². The third-order valence-corrected chi connectivity index (χ3v) is 4.67. The predicted octanol–water partition coefficient (Wildman–Crippen LogP) is 3.77. The first-order valence-corrected chi connectivity index (χ1v) is 7.47. The van der Waals surface area contributed by atoms with E-state index in [0.717, 1.165) is 18.5 Å². The number of benzene rings is 1. The summed E-state index contributed by atoms with van der Waals surface area (Å²) in [7, 11) is 0. The minimum Gasteiger partial charge on any atom is -0.480 e. The summed E-state index contributed by atoms with van der Waals surface area (Å²) in [5.41, 5.74) is 0.380. The lowest BCUT2D eigenvalue weighted by Gasteiger charge is -2.37. The molecule has 0 radical (unpaired) electrons. The van der Waals surface area contributed by atoms with E-state index < -0.39 is 11.5 Å². The Morgan fingerprint density at radius 3 is 2.65 bits per heavy atom. The first kappa shape index (κ1) is 14.9. The minimum atomic E-state index is -0.889. The number of halogens is 1. The summed E-state index contributed by atoms with van der Waals surface area (Å²) in [6.45, 7) is 2.16. The lowest BCUT2D eigenvalue weighted by Crippen LogP contribution is -2.48. The number of nitrogens with zero attached hydrogens (tertiary/aromatic N) is 1. The molecule has 1 aliphatic rings. The average molecular weight is 337 g/mol. The fourth-order valence-electron chi connectivity index (χ4n) is 2.61. The summed E-state index contributed by atoms with van der Waals surface area (Å²) in [5.74, 6) is -0.221. The van der Waals surface area contributed by atoms with E-state index in [1.54, 1.807) is 18.2 Å². The van der Waals surface area contributed by atoms with Gasteiger partial charge < -0.3 is 10.4 Å². The fourth-order valence-corrected chi connectivity index (χ4v) is 3.07. The summed E-state index contributed by atoms with van der Waals surface area (Å²) in [4.78, 5) is 11.7. The van der Waals surface area contributed by atoms with Crippen molar-refractivity contribution in [2.45, 2.75) is 38.1 Å². The van der Waals surface area contributed by atoms with Crippen molar-refractivity contribution in [2.24, 2.45) is 5.92 Å². The zero-order valence-electron chi connectivity index (χ0n) is 11.3. The molecule has 0 aliphatic heterocycles. The van der Waals surface area contributed by atoms with Crippen LogP contribution in [0.4, 0.5) is 5.69 Å². The van der Waals surface area contributed by atoms with Crippen molar-refractivity contribution in [3.63, 3.8) is 0 Å². The molecule has 1 aromatic carbocycles. The van der Waals surface area contributed by atoms with Gasteiger partial charge >= 0.3 is 5.97 Å². The molecule has 4 nitrogen and oxygen atoms in total. The number of carboxylic acids is 1. The van der Waals surface area contributed by atoms with Crippen LogP contribution in [0.5, 0.6) is 0 Å². The number of nitriles is 1. The average Bonchev–Trinajstić information content (AvgIpc) is 2.41. The number of nitrogens with one attached hydrogen (secondary N) is 1. The van der Waals surface area contributed by atoms with Crippen LogP contribution >= 0.6 is 15.9 Å². The number of anilines is 1. The molecule has 0 bridgehead atoms. The Kier molecular flexibility index (Phi) is 4.34. The van der Waals surface area contributed by atoms with Crippen LogP contribution in [0.15, 0.2) is 22.7 Å².